The van der Waals surface area contributed by atoms with Gasteiger partial charge in [-0.2, -0.15) is 0 Å². The lowest BCUT2D eigenvalue weighted by atomic mass is 10.0. The Morgan fingerprint density at radius 2 is 1.86 bits per heavy atom. The maximum absolute atomic E-state index is 12.2. The molecule has 1 heterocycles. The molecular weight excluding hydrogens is 282 g/mol. The van der Waals surface area contributed by atoms with Crippen molar-refractivity contribution >= 4 is 16.9 Å². The lowest BCUT2D eigenvalue weighted by Gasteiger charge is -2.09. The van der Waals surface area contributed by atoms with Crippen LogP contribution in [0.5, 0.6) is 5.75 Å². The number of para-hydroxylation sites is 1. The maximum Gasteiger partial charge on any atom is 0.344 e. The zero-order chi connectivity index (χ0) is 15.7. The summed E-state index contributed by atoms with van der Waals surface area (Å²) in [5.74, 6) is -0.110. The van der Waals surface area contributed by atoms with Crippen LogP contribution in [0.25, 0.3) is 22.1 Å². The van der Waals surface area contributed by atoms with Crippen LogP contribution in [-0.4, -0.2) is 13.0 Å². The van der Waals surface area contributed by atoms with Crippen LogP contribution in [-0.2, 0) is 0 Å². The zero-order valence-electron chi connectivity index (χ0n) is 11.8. The molecular formula is C17H13NO4. The second-order valence-corrected chi connectivity index (χ2v) is 4.76. The highest BCUT2D eigenvalue weighted by Crippen LogP contribution is 2.30. The standard InChI is InChI=1S/C17H13NO4/c1-21-15-7-6-11(16(18)19)9-12(15)13-8-10-4-2-3-5-14(10)22-17(13)20/h2-9H,1H3,(H2,18,19). The number of hydrogen-bond donors (Lipinski definition) is 1. The molecule has 0 spiro atoms. The van der Waals surface area contributed by atoms with Crippen LogP contribution in [0.15, 0.2) is 57.7 Å². The van der Waals surface area contributed by atoms with E-state index in [1.54, 1.807) is 30.3 Å². The van der Waals surface area contributed by atoms with Crippen LogP contribution in [0, 0.1) is 0 Å². The van der Waals surface area contributed by atoms with Crippen molar-refractivity contribution in [1.29, 1.82) is 0 Å². The van der Waals surface area contributed by atoms with Gasteiger partial charge in [-0.15, -0.1) is 0 Å². The molecule has 0 saturated carbocycles. The molecule has 3 aromatic rings. The van der Waals surface area contributed by atoms with Crippen molar-refractivity contribution in [3.8, 4) is 16.9 Å². The van der Waals surface area contributed by atoms with Crippen LogP contribution < -0.4 is 16.1 Å². The first-order valence-electron chi connectivity index (χ1n) is 6.61. The summed E-state index contributed by atoms with van der Waals surface area (Å²) in [6, 6.07) is 13.6. The van der Waals surface area contributed by atoms with Gasteiger partial charge in [0.15, 0.2) is 0 Å². The number of methoxy groups -OCH3 is 1. The van der Waals surface area contributed by atoms with Crippen molar-refractivity contribution in [2.24, 2.45) is 5.73 Å². The third-order valence-electron chi connectivity index (χ3n) is 3.42. The fourth-order valence-corrected chi connectivity index (χ4v) is 2.32. The van der Waals surface area contributed by atoms with E-state index in [0.717, 1.165) is 5.39 Å². The molecule has 1 amide bonds. The van der Waals surface area contributed by atoms with Gasteiger partial charge in [0, 0.05) is 16.5 Å². The van der Waals surface area contributed by atoms with E-state index in [-0.39, 0.29) is 0 Å². The van der Waals surface area contributed by atoms with Crippen LogP contribution in [0.2, 0.25) is 0 Å². The molecule has 0 atom stereocenters. The second-order valence-electron chi connectivity index (χ2n) is 4.76. The Morgan fingerprint density at radius 3 is 2.59 bits per heavy atom. The number of ether oxygens (including phenoxy) is 1. The fraction of sp³-hybridized carbons (Fsp3) is 0.0588. The Bertz CT molecular complexity index is 927. The Kier molecular flexibility index (Phi) is 3.39. The first-order chi connectivity index (χ1) is 10.6. The summed E-state index contributed by atoms with van der Waals surface area (Å²) in [6.07, 6.45) is 0. The van der Waals surface area contributed by atoms with Gasteiger partial charge in [-0.3, -0.25) is 4.79 Å². The summed E-state index contributed by atoms with van der Waals surface area (Å²) in [5, 5.41) is 0.781. The number of fused-ring (bicyclic) bond motifs is 1. The van der Waals surface area contributed by atoms with E-state index in [9.17, 15) is 9.59 Å². The topological polar surface area (TPSA) is 82.5 Å². The maximum atomic E-state index is 12.2. The molecule has 0 fully saturated rings. The van der Waals surface area contributed by atoms with Crippen molar-refractivity contribution in [2.45, 2.75) is 0 Å². The molecule has 5 heteroatoms. The highest BCUT2D eigenvalue weighted by molar-refractivity contribution is 5.95. The molecule has 0 saturated heterocycles. The minimum Gasteiger partial charge on any atom is -0.496 e. The zero-order valence-corrected chi connectivity index (χ0v) is 11.8. The predicted octanol–water partition coefficient (Wildman–Crippen LogP) is 2.57. The minimum atomic E-state index is -0.575. The molecule has 0 radical (unpaired) electrons. The summed E-state index contributed by atoms with van der Waals surface area (Å²) < 4.78 is 10.6. The molecule has 0 unspecified atom stereocenters. The van der Waals surface area contributed by atoms with Gasteiger partial charge in [0.1, 0.15) is 11.3 Å². The summed E-state index contributed by atoms with van der Waals surface area (Å²) in [5.41, 5.74) is 6.38. The molecule has 2 aromatic carbocycles. The van der Waals surface area contributed by atoms with Crippen molar-refractivity contribution in [3.63, 3.8) is 0 Å². The van der Waals surface area contributed by atoms with Gasteiger partial charge in [0.25, 0.3) is 0 Å². The second kappa shape index (κ2) is 5.37. The SMILES string of the molecule is COc1ccc(C(N)=O)cc1-c1cc2ccccc2oc1=O. The first kappa shape index (κ1) is 13.9. The number of carbonyl (C=O) groups excluding carboxylic acids is 1. The van der Waals surface area contributed by atoms with Gasteiger partial charge < -0.3 is 14.9 Å². The average Bonchev–Trinajstić information content (AvgIpc) is 2.53. The van der Waals surface area contributed by atoms with Crippen LogP contribution in [0.4, 0.5) is 0 Å². The van der Waals surface area contributed by atoms with E-state index in [0.29, 0.717) is 28.0 Å². The van der Waals surface area contributed by atoms with Gasteiger partial charge in [0.2, 0.25) is 5.91 Å². The number of benzene rings is 2. The van der Waals surface area contributed by atoms with Gasteiger partial charge >= 0.3 is 5.63 Å². The molecule has 22 heavy (non-hydrogen) atoms. The number of hydrogen-bond acceptors (Lipinski definition) is 4. The Labute approximate surface area is 125 Å². The molecule has 110 valence electrons. The first-order valence-corrected chi connectivity index (χ1v) is 6.61. The fourth-order valence-electron chi connectivity index (χ4n) is 2.32. The average molecular weight is 295 g/mol. The smallest absolute Gasteiger partial charge is 0.344 e. The molecule has 5 nitrogen and oxygen atoms in total. The van der Waals surface area contributed by atoms with Crippen molar-refractivity contribution in [2.75, 3.05) is 7.11 Å². The van der Waals surface area contributed by atoms with E-state index in [4.69, 9.17) is 14.9 Å². The normalized spacial score (nSPS) is 10.6. The van der Waals surface area contributed by atoms with Gasteiger partial charge in [-0.05, 0) is 30.3 Å². The molecule has 3 rings (SSSR count). The molecule has 0 aliphatic carbocycles. The van der Waals surface area contributed by atoms with Crippen LogP contribution in [0.3, 0.4) is 0 Å². The van der Waals surface area contributed by atoms with E-state index in [1.165, 1.54) is 13.2 Å². The third-order valence-corrected chi connectivity index (χ3v) is 3.42. The molecule has 1 aromatic heterocycles. The Hall–Kier alpha value is -3.08. The van der Waals surface area contributed by atoms with E-state index >= 15 is 0 Å². The largest absolute Gasteiger partial charge is 0.496 e. The Balaban J connectivity index is 2.30. The number of carbonyl (C=O) groups is 1. The summed E-state index contributed by atoms with van der Waals surface area (Å²) in [7, 11) is 1.49. The van der Waals surface area contributed by atoms with Crippen LogP contribution >= 0.6 is 0 Å². The predicted molar refractivity (Wildman–Crippen MR) is 83.0 cm³/mol. The summed E-state index contributed by atoms with van der Waals surface area (Å²) in [4.78, 5) is 23.6. The minimum absolute atomic E-state index is 0.295. The lowest BCUT2D eigenvalue weighted by Crippen LogP contribution is -2.12. The van der Waals surface area contributed by atoms with Gasteiger partial charge in [-0.1, -0.05) is 18.2 Å². The third kappa shape index (κ3) is 2.33. The molecule has 0 aliphatic heterocycles. The summed E-state index contributed by atoms with van der Waals surface area (Å²) >= 11 is 0. The lowest BCUT2D eigenvalue weighted by molar-refractivity contribution is 0.100. The Morgan fingerprint density at radius 1 is 1.09 bits per heavy atom. The van der Waals surface area contributed by atoms with Gasteiger partial charge in [0.05, 0.1) is 12.7 Å². The van der Waals surface area contributed by atoms with E-state index in [1.807, 2.05) is 12.1 Å². The highest BCUT2D eigenvalue weighted by atomic mass is 16.5. The van der Waals surface area contributed by atoms with Gasteiger partial charge in [-0.25, -0.2) is 4.79 Å². The number of nitrogens with two attached hydrogens (primary N) is 1. The quantitative estimate of drug-likeness (QED) is 0.753. The molecule has 0 aliphatic rings. The molecule has 2 N–H and O–H groups in total. The van der Waals surface area contributed by atoms with E-state index in [2.05, 4.69) is 0 Å². The van der Waals surface area contributed by atoms with Crippen molar-refractivity contribution in [1.82, 2.24) is 0 Å². The highest BCUT2D eigenvalue weighted by Gasteiger charge is 2.14. The van der Waals surface area contributed by atoms with Crippen LogP contribution in [0.1, 0.15) is 10.4 Å². The number of rotatable bonds is 3. The number of primary amides is 1. The number of amides is 1. The van der Waals surface area contributed by atoms with Crippen molar-refractivity contribution < 1.29 is 13.9 Å². The van der Waals surface area contributed by atoms with E-state index < -0.39 is 11.5 Å². The monoisotopic (exact) mass is 295 g/mol. The summed E-state index contributed by atoms with van der Waals surface area (Å²) in [6.45, 7) is 0. The molecule has 0 bridgehead atoms. The van der Waals surface area contributed by atoms with Crippen molar-refractivity contribution in [3.05, 3.63) is 64.5 Å².